The summed E-state index contributed by atoms with van der Waals surface area (Å²) in [5.41, 5.74) is 1.09. The molecule has 0 bridgehead atoms. The number of piperazine rings is 1. The Labute approximate surface area is 144 Å². The second-order valence-electron chi connectivity index (χ2n) is 6.87. The number of urea groups is 1. The smallest absolute Gasteiger partial charge is 0.317 e. The zero-order valence-corrected chi connectivity index (χ0v) is 14.2. The zero-order chi connectivity index (χ0) is 16.8. The molecule has 1 aliphatic carbocycles. The van der Waals surface area contributed by atoms with Gasteiger partial charge in [-0.05, 0) is 24.3 Å². The predicted molar refractivity (Wildman–Crippen MR) is 93.4 cm³/mol. The van der Waals surface area contributed by atoms with E-state index in [1.54, 1.807) is 0 Å². The van der Waals surface area contributed by atoms with Crippen LogP contribution in [0.2, 0.25) is 0 Å². The van der Waals surface area contributed by atoms with Crippen LogP contribution in [-0.4, -0.2) is 47.9 Å². The van der Waals surface area contributed by atoms with E-state index in [-0.39, 0.29) is 11.9 Å². The van der Waals surface area contributed by atoms with Crippen LogP contribution in [0.3, 0.4) is 0 Å². The minimum Gasteiger partial charge on any atom is -0.339 e. The number of nitrogens with one attached hydrogen (secondary N) is 1. The summed E-state index contributed by atoms with van der Waals surface area (Å²) >= 11 is 0. The maximum Gasteiger partial charge on any atom is 0.317 e. The van der Waals surface area contributed by atoms with Crippen molar-refractivity contribution in [2.75, 3.05) is 26.2 Å². The van der Waals surface area contributed by atoms with Crippen LogP contribution in [0, 0.1) is 5.92 Å². The van der Waals surface area contributed by atoms with Crippen LogP contribution in [0.5, 0.6) is 0 Å². The molecule has 0 spiro atoms. The molecule has 1 aromatic carbocycles. The average molecular weight is 329 g/mol. The normalized spacial score (nSPS) is 18.7. The van der Waals surface area contributed by atoms with Gasteiger partial charge in [-0.2, -0.15) is 0 Å². The molecule has 0 radical (unpaired) electrons. The average Bonchev–Trinajstić information content (AvgIpc) is 3.13. The third-order valence-electron chi connectivity index (χ3n) is 5.14. The summed E-state index contributed by atoms with van der Waals surface area (Å²) in [4.78, 5) is 28.3. The Morgan fingerprint density at radius 1 is 0.958 bits per heavy atom. The fraction of sp³-hybridized carbons (Fsp3) is 0.579. The Hall–Kier alpha value is -2.04. The van der Waals surface area contributed by atoms with Gasteiger partial charge in [0.25, 0.3) is 0 Å². The maximum absolute atomic E-state index is 12.3. The summed E-state index contributed by atoms with van der Waals surface area (Å²) in [5, 5.41) is 2.96. The van der Waals surface area contributed by atoms with E-state index < -0.39 is 0 Å². The number of carbonyl (C=O) groups excluding carboxylic acids is 2. The summed E-state index contributed by atoms with van der Waals surface area (Å²) < 4.78 is 0. The molecule has 24 heavy (non-hydrogen) atoms. The van der Waals surface area contributed by atoms with E-state index in [0.29, 0.717) is 45.1 Å². The van der Waals surface area contributed by atoms with Crippen molar-refractivity contribution in [2.24, 2.45) is 5.92 Å². The highest BCUT2D eigenvalue weighted by Crippen LogP contribution is 2.28. The molecule has 0 atom stereocenters. The van der Waals surface area contributed by atoms with E-state index in [1.807, 2.05) is 40.1 Å². The van der Waals surface area contributed by atoms with Crippen LogP contribution in [0.25, 0.3) is 0 Å². The standard InChI is InChI=1S/C19H27N3O2/c23-18(14-16-6-4-5-7-16)21-10-12-22(13-11-21)19(24)20-15-17-8-2-1-3-9-17/h1-3,8-9,16H,4-7,10-15H2,(H,20,24). The number of nitrogens with zero attached hydrogens (tertiary/aromatic N) is 2. The Balaban J connectivity index is 1.39. The van der Waals surface area contributed by atoms with Gasteiger partial charge in [0.15, 0.2) is 0 Å². The highest BCUT2D eigenvalue weighted by atomic mass is 16.2. The van der Waals surface area contributed by atoms with Crippen molar-refractivity contribution in [1.82, 2.24) is 15.1 Å². The molecule has 3 amide bonds. The lowest BCUT2D eigenvalue weighted by Crippen LogP contribution is -2.53. The van der Waals surface area contributed by atoms with Gasteiger partial charge < -0.3 is 15.1 Å². The molecule has 0 unspecified atom stereocenters. The van der Waals surface area contributed by atoms with Crippen molar-refractivity contribution in [1.29, 1.82) is 0 Å². The minimum atomic E-state index is -0.0401. The first-order valence-corrected chi connectivity index (χ1v) is 9.07. The molecule has 1 saturated heterocycles. The van der Waals surface area contributed by atoms with E-state index in [0.717, 1.165) is 5.56 Å². The second kappa shape index (κ2) is 8.18. The molecule has 3 rings (SSSR count). The largest absolute Gasteiger partial charge is 0.339 e. The lowest BCUT2D eigenvalue weighted by molar-refractivity contribution is -0.133. The van der Waals surface area contributed by atoms with Crippen molar-refractivity contribution in [3.8, 4) is 0 Å². The van der Waals surface area contributed by atoms with Gasteiger partial charge in [0.05, 0.1) is 0 Å². The topological polar surface area (TPSA) is 52.7 Å². The fourth-order valence-corrected chi connectivity index (χ4v) is 3.63. The highest BCUT2D eigenvalue weighted by molar-refractivity contribution is 5.78. The van der Waals surface area contributed by atoms with Gasteiger partial charge in [0.1, 0.15) is 0 Å². The van der Waals surface area contributed by atoms with Gasteiger partial charge >= 0.3 is 6.03 Å². The molecule has 2 fully saturated rings. The van der Waals surface area contributed by atoms with Crippen molar-refractivity contribution in [2.45, 2.75) is 38.6 Å². The summed E-state index contributed by atoms with van der Waals surface area (Å²) in [7, 11) is 0. The van der Waals surface area contributed by atoms with Crippen LogP contribution < -0.4 is 5.32 Å². The van der Waals surface area contributed by atoms with Crippen molar-refractivity contribution >= 4 is 11.9 Å². The SMILES string of the molecule is O=C(CC1CCCC1)N1CCN(C(=O)NCc2ccccc2)CC1. The summed E-state index contributed by atoms with van der Waals surface area (Å²) in [6.45, 7) is 3.10. The first-order chi connectivity index (χ1) is 11.7. The first kappa shape index (κ1) is 16.8. The van der Waals surface area contributed by atoms with E-state index in [9.17, 15) is 9.59 Å². The number of benzene rings is 1. The van der Waals surface area contributed by atoms with Gasteiger partial charge in [-0.25, -0.2) is 4.79 Å². The molecule has 1 heterocycles. The Morgan fingerprint density at radius 2 is 1.58 bits per heavy atom. The van der Waals surface area contributed by atoms with Crippen molar-refractivity contribution < 1.29 is 9.59 Å². The molecule has 1 N–H and O–H groups in total. The quantitative estimate of drug-likeness (QED) is 0.923. The van der Waals surface area contributed by atoms with E-state index >= 15 is 0 Å². The van der Waals surface area contributed by atoms with E-state index in [2.05, 4.69) is 5.32 Å². The summed E-state index contributed by atoms with van der Waals surface area (Å²) in [6, 6.07) is 9.86. The monoisotopic (exact) mass is 329 g/mol. The van der Waals surface area contributed by atoms with Crippen molar-refractivity contribution in [3.63, 3.8) is 0 Å². The highest BCUT2D eigenvalue weighted by Gasteiger charge is 2.26. The van der Waals surface area contributed by atoms with Crippen LogP contribution >= 0.6 is 0 Å². The van der Waals surface area contributed by atoms with Gasteiger partial charge in [-0.15, -0.1) is 0 Å². The molecule has 1 aromatic rings. The molecular weight excluding hydrogens is 302 g/mol. The molecule has 5 heteroatoms. The minimum absolute atomic E-state index is 0.0401. The van der Waals surface area contributed by atoms with Crippen LogP contribution in [0.4, 0.5) is 4.79 Å². The van der Waals surface area contributed by atoms with Gasteiger partial charge in [0.2, 0.25) is 5.91 Å². The molecule has 1 aliphatic heterocycles. The molecule has 2 aliphatic rings. The lowest BCUT2D eigenvalue weighted by atomic mass is 10.0. The third-order valence-corrected chi connectivity index (χ3v) is 5.14. The first-order valence-electron chi connectivity index (χ1n) is 9.07. The summed E-state index contributed by atoms with van der Waals surface area (Å²) in [5.74, 6) is 0.857. The van der Waals surface area contributed by atoms with Gasteiger partial charge in [-0.1, -0.05) is 43.2 Å². The van der Waals surface area contributed by atoms with Crippen LogP contribution in [0.15, 0.2) is 30.3 Å². The van der Waals surface area contributed by atoms with Gasteiger partial charge in [0, 0.05) is 39.1 Å². The third kappa shape index (κ3) is 4.49. The number of amides is 3. The maximum atomic E-state index is 12.3. The van der Waals surface area contributed by atoms with Gasteiger partial charge in [-0.3, -0.25) is 4.79 Å². The predicted octanol–water partition coefficient (Wildman–Crippen LogP) is 2.62. The molecule has 130 valence electrons. The Kier molecular flexibility index (Phi) is 5.72. The molecule has 0 aromatic heterocycles. The fourth-order valence-electron chi connectivity index (χ4n) is 3.63. The van der Waals surface area contributed by atoms with E-state index in [4.69, 9.17) is 0 Å². The number of hydrogen-bond acceptors (Lipinski definition) is 2. The number of rotatable bonds is 4. The molecule has 1 saturated carbocycles. The van der Waals surface area contributed by atoms with Crippen LogP contribution in [-0.2, 0) is 11.3 Å². The van der Waals surface area contributed by atoms with E-state index in [1.165, 1.54) is 25.7 Å². The number of carbonyl (C=O) groups is 2. The lowest BCUT2D eigenvalue weighted by Gasteiger charge is -2.35. The zero-order valence-electron chi connectivity index (χ0n) is 14.2. The Bertz CT molecular complexity index is 547. The summed E-state index contributed by atoms with van der Waals surface area (Å²) in [6.07, 6.45) is 5.64. The van der Waals surface area contributed by atoms with Crippen molar-refractivity contribution in [3.05, 3.63) is 35.9 Å². The second-order valence-corrected chi connectivity index (χ2v) is 6.87. The van der Waals surface area contributed by atoms with Crippen LogP contribution in [0.1, 0.15) is 37.7 Å². The molecule has 5 nitrogen and oxygen atoms in total. The Morgan fingerprint density at radius 3 is 2.25 bits per heavy atom. The number of hydrogen-bond donors (Lipinski definition) is 1. The molecular formula is C19H27N3O2.